The first-order valence-corrected chi connectivity index (χ1v) is 7.68. The van der Waals surface area contributed by atoms with Gasteiger partial charge in [0, 0.05) is 11.6 Å². The molecule has 0 bridgehead atoms. The summed E-state index contributed by atoms with van der Waals surface area (Å²) in [6.45, 7) is 0.917. The maximum atomic E-state index is 11.9. The minimum Gasteiger partial charge on any atom is -0.329 e. The van der Waals surface area contributed by atoms with Gasteiger partial charge in [-0.3, -0.25) is 4.79 Å². The van der Waals surface area contributed by atoms with Crippen molar-refractivity contribution in [3.63, 3.8) is 0 Å². The minimum absolute atomic E-state index is 0.147. The van der Waals surface area contributed by atoms with Gasteiger partial charge in [0.15, 0.2) is 0 Å². The normalized spacial score (nSPS) is 10.6. The summed E-state index contributed by atoms with van der Waals surface area (Å²) in [5.41, 5.74) is 5.91. The molecule has 2 rings (SSSR count). The van der Waals surface area contributed by atoms with Crippen molar-refractivity contribution in [1.82, 2.24) is 20.2 Å². The molecule has 2 aromatic rings. The molecule has 0 saturated carbocycles. The fourth-order valence-corrected chi connectivity index (χ4v) is 2.51. The number of nitrogens with one attached hydrogen (secondary N) is 1. The van der Waals surface area contributed by atoms with Gasteiger partial charge in [-0.15, -0.1) is 5.10 Å². The number of nitrogens with two attached hydrogens (primary N) is 1. The molecular formula is C11H12Cl2N6OS. The van der Waals surface area contributed by atoms with Gasteiger partial charge >= 0.3 is 0 Å². The standard InChI is InChI=1S/C11H12Cl2N6OS/c12-7-1-2-8(13)9(5-7)15-10(20)6-21-11-16-17-18-19(11)4-3-14/h1-2,5H,3-4,6,14H2,(H,15,20). The van der Waals surface area contributed by atoms with Gasteiger partial charge in [0.25, 0.3) is 0 Å². The van der Waals surface area contributed by atoms with Crippen molar-refractivity contribution in [2.45, 2.75) is 11.7 Å². The predicted octanol–water partition coefficient (Wildman–Crippen LogP) is 1.67. The number of amides is 1. The van der Waals surface area contributed by atoms with Crippen molar-refractivity contribution in [3.8, 4) is 0 Å². The van der Waals surface area contributed by atoms with Gasteiger partial charge in [-0.2, -0.15) is 0 Å². The van der Waals surface area contributed by atoms with Gasteiger partial charge in [0.1, 0.15) is 0 Å². The van der Waals surface area contributed by atoms with E-state index in [1.54, 1.807) is 22.9 Å². The van der Waals surface area contributed by atoms with Crippen LogP contribution in [-0.4, -0.2) is 38.4 Å². The van der Waals surface area contributed by atoms with Crippen LogP contribution in [0.3, 0.4) is 0 Å². The van der Waals surface area contributed by atoms with E-state index < -0.39 is 0 Å². The zero-order valence-electron chi connectivity index (χ0n) is 10.8. The Morgan fingerprint density at radius 2 is 2.24 bits per heavy atom. The van der Waals surface area contributed by atoms with Crippen molar-refractivity contribution in [2.75, 3.05) is 17.6 Å². The number of thioether (sulfide) groups is 1. The van der Waals surface area contributed by atoms with Crippen molar-refractivity contribution < 1.29 is 4.79 Å². The molecular weight excluding hydrogens is 335 g/mol. The molecule has 0 fully saturated rings. The highest BCUT2D eigenvalue weighted by Crippen LogP contribution is 2.25. The zero-order chi connectivity index (χ0) is 15.2. The number of nitrogens with zero attached hydrogens (tertiary/aromatic N) is 4. The van der Waals surface area contributed by atoms with E-state index in [9.17, 15) is 4.79 Å². The van der Waals surface area contributed by atoms with Crippen LogP contribution in [0.15, 0.2) is 23.4 Å². The van der Waals surface area contributed by atoms with E-state index in [-0.39, 0.29) is 11.7 Å². The lowest BCUT2D eigenvalue weighted by molar-refractivity contribution is -0.113. The largest absolute Gasteiger partial charge is 0.329 e. The highest BCUT2D eigenvalue weighted by molar-refractivity contribution is 7.99. The molecule has 1 aromatic heterocycles. The topological polar surface area (TPSA) is 98.7 Å². The molecule has 1 heterocycles. The van der Waals surface area contributed by atoms with Crippen LogP contribution in [0.4, 0.5) is 5.69 Å². The zero-order valence-corrected chi connectivity index (χ0v) is 13.1. The smallest absolute Gasteiger partial charge is 0.234 e. The Morgan fingerprint density at radius 3 is 3.00 bits per heavy atom. The van der Waals surface area contributed by atoms with Crippen LogP contribution in [0, 0.1) is 0 Å². The van der Waals surface area contributed by atoms with Crippen molar-refractivity contribution in [1.29, 1.82) is 0 Å². The average molecular weight is 347 g/mol. The summed E-state index contributed by atoms with van der Waals surface area (Å²) in [6.07, 6.45) is 0. The number of carbonyl (C=O) groups is 1. The van der Waals surface area contributed by atoms with Crippen molar-refractivity contribution >= 4 is 46.6 Å². The van der Waals surface area contributed by atoms with Gasteiger partial charge in [-0.25, -0.2) is 4.68 Å². The number of carbonyl (C=O) groups excluding carboxylic acids is 1. The predicted molar refractivity (Wildman–Crippen MR) is 82.7 cm³/mol. The summed E-state index contributed by atoms with van der Waals surface area (Å²) in [5.74, 6) is -0.0835. The Labute approximate surface area is 135 Å². The summed E-state index contributed by atoms with van der Waals surface area (Å²) >= 11 is 13.0. The van der Waals surface area contributed by atoms with Crippen LogP contribution in [0.5, 0.6) is 0 Å². The number of aromatic nitrogens is 4. The van der Waals surface area contributed by atoms with Crippen LogP contribution in [-0.2, 0) is 11.3 Å². The fourth-order valence-electron chi connectivity index (χ4n) is 1.47. The van der Waals surface area contributed by atoms with E-state index in [1.807, 2.05) is 0 Å². The molecule has 112 valence electrons. The quantitative estimate of drug-likeness (QED) is 0.772. The van der Waals surface area contributed by atoms with Crippen LogP contribution < -0.4 is 11.1 Å². The van der Waals surface area contributed by atoms with Gasteiger partial charge in [0.05, 0.1) is 23.0 Å². The molecule has 0 atom stereocenters. The number of tetrazole rings is 1. The lowest BCUT2D eigenvalue weighted by Gasteiger charge is -2.07. The van der Waals surface area contributed by atoms with E-state index in [0.717, 1.165) is 0 Å². The second-order valence-corrected chi connectivity index (χ2v) is 5.72. The Hall–Kier alpha value is -1.35. The Kier molecular flexibility index (Phi) is 5.80. The van der Waals surface area contributed by atoms with E-state index in [1.165, 1.54) is 11.8 Å². The maximum Gasteiger partial charge on any atom is 0.234 e. The molecule has 0 aliphatic carbocycles. The molecule has 10 heteroatoms. The fraction of sp³-hybridized carbons (Fsp3) is 0.273. The van der Waals surface area contributed by atoms with E-state index in [2.05, 4.69) is 20.8 Å². The van der Waals surface area contributed by atoms with Crippen molar-refractivity contribution in [2.24, 2.45) is 5.73 Å². The SMILES string of the molecule is NCCn1nnnc1SCC(=O)Nc1cc(Cl)ccc1Cl. The summed E-state index contributed by atoms with van der Waals surface area (Å²) in [5, 5.41) is 15.3. The second-order valence-electron chi connectivity index (χ2n) is 3.93. The van der Waals surface area contributed by atoms with E-state index in [4.69, 9.17) is 28.9 Å². The average Bonchev–Trinajstić information content (AvgIpc) is 2.88. The summed E-state index contributed by atoms with van der Waals surface area (Å²) in [6, 6.07) is 4.86. The number of anilines is 1. The third-order valence-corrected chi connectivity index (χ3v) is 3.90. The first-order chi connectivity index (χ1) is 10.1. The Morgan fingerprint density at radius 1 is 1.43 bits per heavy atom. The summed E-state index contributed by atoms with van der Waals surface area (Å²) in [4.78, 5) is 11.9. The first-order valence-electron chi connectivity index (χ1n) is 5.94. The lowest BCUT2D eigenvalue weighted by atomic mass is 10.3. The molecule has 7 nitrogen and oxygen atoms in total. The lowest BCUT2D eigenvalue weighted by Crippen LogP contribution is -2.16. The number of benzene rings is 1. The highest BCUT2D eigenvalue weighted by atomic mass is 35.5. The second kappa shape index (κ2) is 7.60. The number of rotatable bonds is 6. The molecule has 0 aliphatic heterocycles. The van der Waals surface area contributed by atoms with E-state index in [0.29, 0.717) is 34.0 Å². The third-order valence-electron chi connectivity index (χ3n) is 2.37. The molecule has 1 aromatic carbocycles. The number of halogens is 2. The third kappa shape index (κ3) is 4.57. The molecule has 3 N–H and O–H groups in total. The first kappa shape index (κ1) is 16.0. The van der Waals surface area contributed by atoms with Crippen molar-refractivity contribution in [3.05, 3.63) is 28.2 Å². The number of hydrogen-bond acceptors (Lipinski definition) is 6. The minimum atomic E-state index is -0.230. The molecule has 1 amide bonds. The van der Waals surface area contributed by atoms with Crippen LogP contribution in [0.25, 0.3) is 0 Å². The maximum absolute atomic E-state index is 11.9. The highest BCUT2D eigenvalue weighted by Gasteiger charge is 2.11. The summed E-state index contributed by atoms with van der Waals surface area (Å²) < 4.78 is 1.55. The van der Waals surface area contributed by atoms with Crippen LogP contribution in [0.2, 0.25) is 10.0 Å². The van der Waals surface area contributed by atoms with Gasteiger partial charge < -0.3 is 11.1 Å². The summed E-state index contributed by atoms with van der Waals surface area (Å²) in [7, 11) is 0. The van der Waals surface area contributed by atoms with Crippen LogP contribution >= 0.6 is 35.0 Å². The molecule has 0 aliphatic rings. The number of hydrogen-bond donors (Lipinski definition) is 2. The Balaban J connectivity index is 1.93. The van der Waals surface area contributed by atoms with E-state index >= 15 is 0 Å². The van der Waals surface area contributed by atoms with Gasteiger partial charge in [0.2, 0.25) is 11.1 Å². The van der Waals surface area contributed by atoms with Gasteiger partial charge in [-0.05, 0) is 28.6 Å². The molecule has 0 saturated heterocycles. The molecule has 0 radical (unpaired) electrons. The molecule has 0 unspecified atom stereocenters. The Bertz CT molecular complexity index is 635. The van der Waals surface area contributed by atoms with Gasteiger partial charge in [-0.1, -0.05) is 35.0 Å². The monoisotopic (exact) mass is 346 g/mol. The molecule has 0 spiro atoms. The molecule has 21 heavy (non-hydrogen) atoms. The van der Waals surface area contributed by atoms with Crippen LogP contribution in [0.1, 0.15) is 0 Å².